The Kier molecular flexibility index (Phi) is 2.36. The molecule has 2 rings (SSSR count). The number of fused-ring (bicyclic) bond motifs is 1. The van der Waals surface area contributed by atoms with Gasteiger partial charge in [0.1, 0.15) is 6.07 Å². The monoisotopic (exact) mass is 212 g/mol. The van der Waals surface area contributed by atoms with Gasteiger partial charge < -0.3 is 5.73 Å². The average Bonchev–Trinajstić information content (AvgIpc) is 2.27. The second-order valence-corrected chi connectivity index (χ2v) is 3.06. The van der Waals surface area contributed by atoms with Crippen molar-refractivity contribution in [2.24, 2.45) is 5.73 Å². The molecule has 0 saturated heterocycles. The summed E-state index contributed by atoms with van der Waals surface area (Å²) in [5, 5.41) is 19.2. The number of hydrogen-bond acceptors (Lipinski definition) is 4. The zero-order valence-corrected chi connectivity index (χ0v) is 8.23. The summed E-state index contributed by atoms with van der Waals surface area (Å²) in [5.74, 6) is -0.109. The zero-order valence-electron chi connectivity index (χ0n) is 8.23. The Labute approximate surface area is 91.2 Å². The summed E-state index contributed by atoms with van der Waals surface area (Å²) in [7, 11) is 0. The van der Waals surface area contributed by atoms with Gasteiger partial charge in [-0.05, 0) is 12.1 Å². The van der Waals surface area contributed by atoms with E-state index in [4.69, 9.17) is 16.4 Å². The van der Waals surface area contributed by atoms with Crippen molar-refractivity contribution in [3.63, 3.8) is 0 Å². The molecule has 1 aromatic carbocycles. The summed E-state index contributed by atoms with van der Waals surface area (Å²) < 4.78 is 0. The third kappa shape index (κ3) is 1.74. The lowest BCUT2D eigenvalue weighted by Gasteiger charge is -2.04. The third-order valence-electron chi connectivity index (χ3n) is 1.96. The quantitative estimate of drug-likeness (QED) is 0.478. The summed E-state index contributed by atoms with van der Waals surface area (Å²) in [6, 6.07) is 9.14. The largest absolute Gasteiger partial charge is 0.370 e. The number of anilines is 1. The van der Waals surface area contributed by atoms with Crippen LogP contribution >= 0.6 is 0 Å². The number of nitrogens with two attached hydrogens (primary N) is 1. The van der Waals surface area contributed by atoms with Crippen LogP contribution in [0.2, 0.25) is 0 Å². The molecule has 6 heteroatoms. The third-order valence-corrected chi connectivity index (χ3v) is 1.96. The van der Waals surface area contributed by atoms with E-state index < -0.39 is 0 Å². The van der Waals surface area contributed by atoms with Gasteiger partial charge >= 0.3 is 0 Å². The number of nitriles is 1. The molecule has 0 spiro atoms. The van der Waals surface area contributed by atoms with Gasteiger partial charge in [0.05, 0.1) is 5.52 Å². The molecule has 0 aliphatic rings. The molecular formula is C10H8N6. The fourth-order valence-corrected chi connectivity index (χ4v) is 1.34. The number of aromatic nitrogens is 2. The highest BCUT2D eigenvalue weighted by Crippen LogP contribution is 2.16. The van der Waals surface area contributed by atoms with Crippen LogP contribution in [0.3, 0.4) is 0 Å². The van der Waals surface area contributed by atoms with Crippen molar-refractivity contribution < 1.29 is 0 Å². The second kappa shape index (κ2) is 3.82. The summed E-state index contributed by atoms with van der Waals surface area (Å²) >= 11 is 0. The SMILES string of the molecule is N#Cc1nc(NC(=N)N)nc2ccccc12. The van der Waals surface area contributed by atoms with E-state index in [0.717, 1.165) is 0 Å². The number of benzene rings is 1. The molecule has 78 valence electrons. The van der Waals surface area contributed by atoms with Gasteiger partial charge in [-0.2, -0.15) is 5.26 Å². The van der Waals surface area contributed by atoms with Crippen molar-refractivity contribution in [1.82, 2.24) is 9.97 Å². The highest BCUT2D eigenvalue weighted by Gasteiger charge is 2.06. The van der Waals surface area contributed by atoms with Crippen LogP contribution in [0, 0.1) is 16.7 Å². The Morgan fingerprint density at radius 1 is 1.38 bits per heavy atom. The first-order valence-corrected chi connectivity index (χ1v) is 4.48. The number of hydrogen-bond donors (Lipinski definition) is 3. The minimum Gasteiger partial charge on any atom is -0.370 e. The van der Waals surface area contributed by atoms with Gasteiger partial charge in [0.15, 0.2) is 11.7 Å². The summed E-state index contributed by atoms with van der Waals surface area (Å²) in [6.07, 6.45) is 0. The Hall–Kier alpha value is -2.68. The van der Waals surface area contributed by atoms with Gasteiger partial charge in [-0.25, -0.2) is 9.97 Å². The molecule has 16 heavy (non-hydrogen) atoms. The highest BCUT2D eigenvalue weighted by atomic mass is 15.2. The first-order chi connectivity index (χ1) is 7.70. The van der Waals surface area contributed by atoms with E-state index in [1.54, 1.807) is 12.1 Å². The molecule has 6 nitrogen and oxygen atoms in total. The fourth-order valence-electron chi connectivity index (χ4n) is 1.34. The van der Waals surface area contributed by atoms with Crippen LogP contribution in [0.15, 0.2) is 24.3 Å². The Bertz CT molecular complexity index is 598. The number of para-hydroxylation sites is 1. The molecule has 0 aliphatic heterocycles. The van der Waals surface area contributed by atoms with Crippen molar-refractivity contribution in [1.29, 1.82) is 10.7 Å². The molecule has 0 saturated carbocycles. The lowest BCUT2D eigenvalue weighted by molar-refractivity contribution is 1.18. The lowest BCUT2D eigenvalue weighted by atomic mass is 10.2. The summed E-state index contributed by atoms with van der Waals surface area (Å²) in [4.78, 5) is 8.09. The normalized spacial score (nSPS) is 9.69. The average molecular weight is 212 g/mol. The molecule has 0 amide bonds. The van der Waals surface area contributed by atoms with E-state index in [1.807, 2.05) is 18.2 Å². The van der Waals surface area contributed by atoms with E-state index in [-0.39, 0.29) is 17.6 Å². The second-order valence-electron chi connectivity index (χ2n) is 3.06. The van der Waals surface area contributed by atoms with Gasteiger partial charge in [-0.1, -0.05) is 12.1 Å². The van der Waals surface area contributed by atoms with Crippen LogP contribution in [0.1, 0.15) is 5.69 Å². The number of nitrogens with zero attached hydrogens (tertiary/aromatic N) is 3. The standard InChI is InChI=1S/C10H8N6/c11-5-8-6-3-1-2-4-7(6)14-10(15-8)16-9(12)13/h1-4H,(H4,12,13,14,15,16). The van der Waals surface area contributed by atoms with Crippen molar-refractivity contribution in [3.05, 3.63) is 30.0 Å². The van der Waals surface area contributed by atoms with Crippen LogP contribution in [-0.4, -0.2) is 15.9 Å². The molecule has 0 aliphatic carbocycles. The Morgan fingerprint density at radius 3 is 2.81 bits per heavy atom. The number of rotatable bonds is 1. The van der Waals surface area contributed by atoms with Crippen molar-refractivity contribution in [2.45, 2.75) is 0 Å². The van der Waals surface area contributed by atoms with E-state index in [0.29, 0.717) is 10.9 Å². The van der Waals surface area contributed by atoms with Gasteiger partial charge in [0.2, 0.25) is 5.95 Å². The van der Waals surface area contributed by atoms with Gasteiger partial charge in [-0.15, -0.1) is 0 Å². The molecular weight excluding hydrogens is 204 g/mol. The summed E-state index contributed by atoms with van der Waals surface area (Å²) in [6.45, 7) is 0. The lowest BCUT2D eigenvalue weighted by Crippen LogP contribution is -2.22. The van der Waals surface area contributed by atoms with Crippen molar-refractivity contribution >= 4 is 22.8 Å². The predicted molar refractivity (Wildman–Crippen MR) is 59.8 cm³/mol. The molecule has 0 radical (unpaired) electrons. The van der Waals surface area contributed by atoms with E-state index in [2.05, 4.69) is 15.3 Å². The molecule has 1 aromatic heterocycles. The molecule has 0 atom stereocenters. The Balaban J connectivity index is 2.64. The summed E-state index contributed by atoms with van der Waals surface area (Å²) in [5.41, 5.74) is 6.06. The Morgan fingerprint density at radius 2 is 2.12 bits per heavy atom. The van der Waals surface area contributed by atoms with Crippen molar-refractivity contribution in [3.8, 4) is 6.07 Å². The van der Waals surface area contributed by atoms with E-state index in [9.17, 15) is 0 Å². The predicted octanol–water partition coefficient (Wildman–Crippen LogP) is 0.807. The van der Waals surface area contributed by atoms with Gasteiger partial charge in [0.25, 0.3) is 0 Å². The minimum absolute atomic E-state index is 0.155. The maximum absolute atomic E-state index is 8.94. The van der Waals surface area contributed by atoms with Gasteiger partial charge in [0, 0.05) is 5.39 Å². The van der Waals surface area contributed by atoms with Crippen LogP contribution in [0.5, 0.6) is 0 Å². The molecule has 0 unspecified atom stereocenters. The molecule has 1 heterocycles. The van der Waals surface area contributed by atoms with Gasteiger partial charge in [-0.3, -0.25) is 10.7 Å². The number of nitrogens with one attached hydrogen (secondary N) is 2. The van der Waals surface area contributed by atoms with Crippen LogP contribution in [0.25, 0.3) is 10.9 Å². The molecule has 0 bridgehead atoms. The van der Waals surface area contributed by atoms with Crippen molar-refractivity contribution in [2.75, 3.05) is 5.32 Å². The van der Waals surface area contributed by atoms with E-state index in [1.165, 1.54) is 0 Å². The zero-order chi connectivity index (χ0) is 11.5. The fraction of sp³-hybridized carbons (Fsp3) is 0. The first kappa shape index (κ1) is 9.86. The smallest absolute Gasteiger partial charge is 0.231 e. The minimum atomic E-state index is -0.265. The first-order valence-electron chi connectivity index (χ1n) is 4.48. The molecule has 4 N–H and O–H groups in total. The maximum Gasteiger partial charge on any atom is 0.231 e. The van der Waals surface area contributed by atoms with Crippen LogP contribution in [-0.2, 0) is 0 Å². The topological polar surface area (TPSA) is 111 Å². The maximum atomic E-state index is 8.94. The van der Waals surface area contributed by atoms with Crippen LogP contribution < -0.4 is 11.1 Å². The molecule has 2 aromatic rings. The number of guanidine groups is 1. The highest BCUT2D eigenvalue weighted by molar-refractivity contribution is 5.90. The van der Waals surface area contributed by atoms with Crippen LogP contribution in [0.4, 0.5) is 5.95 Å². The van der Waals surface area contributed by atoms with E-state index >= 15 is 0 Å². The molecule has 0 fully saturated rings.